The zero-order valence-corrected chi connectivity index (χ0v) is 13.8. The Morgan fingerprint density at radius 1 is 0.885 bits per heavy atom. The molecule has 1 aromatic heterocycles. The highest BCUT2D eigenvalue weighted by Gasteiger charge is 2.28. The molecular formula is C15H5ClF5NO3S. The lowest BCUT2D eigenvalue weighted by Gasteiger charge is -2.10. The van der Waals surface area contributed by atoms with Gasteiger partial charge in [0.05, 0.1) is 16.2 Å². The summed E-state index contributed by atoms with van der Waals surface area (Å²) in [6.07, 6.45) is 0. The lowest BCUT2D eigenvalue weighted by Crippen LogP contribution is -2.05. The van der Waals surface area contributed by atoms with Crippen molar-refractivity contribution in [3.05, 3.63) is 58.5 Å². The van der Waals surface area contributed by atoms with Crippen molar-refractivity contribution in [2.45, 2.75) is 4.90 Å². The van der Waals surface area contributed by atoms with Crippen LogP contribution in [0.25, 0.3) is 22.0 Å². The molecular weight excluding hydrogens is 405 g/mol. The third-order valence-electron chi connectivity index (χ3n) is 3.52. The van der Waals surface area contributed by atoms with Crippen molar-refractivity contribution in [1.82, 2.24) is 4.98 Å². The SMILES string of the molecule is O=S(=O)(O)c1ccc2c(Cl)nc(-c3c(F)c(F)c(F)c(F)c3F)cc2c1. The summed E-state index contributed by atoms with van der Waals surface area (Å²) < 4.78 is 99.3. The lowest BCUT2D eigenvalue weighted by atomic mass is 10.1. The third kappa shape index (κ3) is 2.89. The van der Waals surface area contributed by atoms with E-state index < -0.39 is 55.4 Å². The Bertz CT molecular complexity index is 1150. The standard InChI is InChI=1S/C15H5ClF5NO3S/c16-15-7-2-1-6(26(23,24)25)3-5(7)4-8(22-15)9-10(17)12(19)14(21)13(20)11(9)18/h1-4H,(H,23,24,25). The number of hydrogen-bond donors (Lipinski definition) is 1. The molecule has 0 aliphatic rings. The van der Waals surface area contributed by atoms with Crippen molar-refractivity contribution in [3.8, 4) is 11.3 Å². The molecule has 1 N–H and O–H groups in total. The van der Waals surface area contributed by atoms with E-state index in [1.54, 1.807) is 0 Å². The van der Waals surface area contributed by atoms with Crippen LogP contribution in [0.1, 0.15) is 0 Å². The molecule has 1 heterocycles. The van der Waals surface area contributed by atoms with Gasteiger partial charge in [-0.05, 0) is 29.7 Å². The van der Waals surface area contributed by atoms with Gasteiger partial charge in [-0.25, -0.2) is 26.9 Å². The smallest absolute Gasteiger partial charge is 0.282 e. The van der Waals surface area contributed by atoms with Crippen molar-refractivity contribution < 1.29 is 34.9 Å². The quantitative estimate of drug-likeness (QED) is 0.222. The number of aromatic nitrogens is 1. The molecule has 0 fully saturated rings. The predicted octanol–water partition coefficient (Wildman–Crippen LogP) is 4.50. The number of pyridine rings is 1. The zero-order valence-electron chi connectivity index (χ0n) is 12.2. The minimum atomic E-state index is -4.60. The molecule has 4 nitrogen and oxygen atoms in total. The molecule has 3 rings (SSSR count). The van der Waals surface area contributed by atoms with Gasteiger partial charge in [0.15, 0.2) is 23.3 Å². The second kappa shape index (κ2) is 6.15. The van der Waals surface area contributed by atoms with E-state index in [4.69, 9.17) is 16.2 Å². The molecule has 0 atom stereocenters. The largest absolute Gasteiger partial charge is 0.294 e. The monoisotopic (exact) mass is 409 g/mol. The Morgan fingerprint density at radius 3 is 1.96 bits per heavy atom. The fourth-order valence-corrected chi connectivity index (χ4v) is 3.09. The summed E-state index contributed by atoms with van der Waals surface area (Å²) in [5, 5.41) is -0.297. The van der Waals surface area contributed by atoms with Crippen molar-refractivity contribution in [2.75, 3.05) is 0 Å². The maximum Gasteiger partial charge on any atom is 0.294 e. The molecule has 0 bridgehead atoms. The van der Waals surface area contributed by atoms with E-state index in [1.807, 2.05) is 0 Å². The summed E-state index contributed by atoms with van der Waals surface area (Å²) in [5.74, 6) is -10.9. The molecule has 0 aliphatic heterocycles. The minimum absolute atomic E-state index is 0.0564. The molecule has 2 aromatic carbocycles. The molecule has 0 unspecified atom stereocenters. The summed E-state index contributed by atoms with van der Waals surface area (Å²) in [5.41, 5.74) is -2.02. The average Bonchev–Trinajstić information content (AvgIpc) is 2.57. The molecule has 136 valence electrons. The summed E-state index contributed by atoms with van der Waals surface area (Å²) in [6, 6.07) is 3.96. The molecule has 3 aromatic rings. The van der Waals surface area contributed by atoms with E-state index in [0.717, 1.165) is 24.3 Å². The maximum absolute atomic E-state index is 13.9. The number of fused-ring (bicyclic) bond motifs is 1. The summed E-state index contributed by atoms with van der Waals surface area (Å²) in [4.78, 5) is 3.06. The first-order chi connectivity index (χ1) is 12.0. The Kier molecular flexibility index (Phi) is 4.37. The molecule has 0 spiro atoms. The van der Waals surface area contributed by atoms with Crippen LogP contribution in [0.5, 0.6) is 0 Å². The predicted molar refractivity (Wildman–Crippen MR) is 81.8 cm³/mol. The van der Waals surface area contributed by atoms with Crippen LogP contribution >= 0.6 is 11.6 Å². The Balaban J connectivity index is 2.37. The maximum atomic E-state index is 13.9. The van der Waals surface area contributed by atoms with Crippen LogP contribution in [0.2, 0.25) is 5.15 Å². The zero-order chi connectivity index (χ0) is 19.4. The molecule has 0 radical (unpaired) electrons. The van der Waals surface area contributed by atoms with Crippen LogP contribution in [-0.4, -0.2) is 18.0 Å². The highest BCUT2D eigenvalue weighted by atomic mass is 35.5. The number of halogens is 6. The molecule has 0 saturated carbocycles. The van der Waals surface area contributed by atoms with Gasteiger partial charge in [0.1, 0.15) is 5.15 Å². The van der Waals surface area contributed by atoms with Gasteiger partial charge in [-0.15, -0.1) is 0 Å². The first-order valence-corrected chi connectivity index (χ1v) is 8.43. The normalized spacial score (nSPS) is 12.0. The number of benzene rings is 2. The van der Waals surface area contributed by atoms with Crippen molar-refractivity contribution >= 4 is 32.5 Å². The van der Waals surface area contributed by atoms with Crippen molar-refractivity contribution in [2.24, 2.45) is 0 Å². The minimum Gasteiger partial charge on any atom is -0.282 e. The van der Waals surface area contributed by atoms with E-state index in [0.29, 0.717) is 0 Å². The van der Waals surface area contributed by atoms with E-state index in [9.17, 15) is 30.4 Å². The number of nitrogens with zero attached hydrogens (tertiary/aromatic N) is 1. The van der Waals surface area contributed by atoms with Gasteiger partial charge in [0.25, 0.3) is 10.1 Å². The van der Waals surface area contributed by atoms with Gasteiger partial charge in [0.2, 0.25) is 5.82 Å². The highest BCUT2D eigenvalue weighted by Crippen LogP contribution is 2.34. The third-order valence-corrected chi connectivity index (χ3v) is 4.66. The van der Waals surface area contributed by atoms with Crippen LogP contribution in [0.3, 0.4) is 0 Å². The fourth-order valence-electron chi connectivity index (χ4n) is 2.31. The van der Waals surface area contributed by atoms with Crippen LogP contribution in [0.15, 0.2) is 29.2 Å². The van der Waals surface area contributed by atoms with Crippen LogP contribution in [0, 0.1) is 29.1 Å². The molecule has 0 aliphatic carbocycles. The van der Waals surface area contributed by atoms with Crippen LogP contribution < -0.4 is 0 Å². The average molecular weight is 410 g/mol. The molecule has 26 heavy (non-hydrogen) atoms. The fraction of sp³-hybridized carbons (Fsp3) is 0. The summed E-state index contributed by atoms with van der Waals surface area (Å²) in [6.45, 7) is 0. The van der Waals surface area contributed by atoms with Crippen molar-refractivity contribution in [1.29, 1.82) is 0 Å². The van der Waals surface area contributed by atoms with E-state index in [-0.39, 0.29) is 15.9 Å². The van der Waals surface area contributed by atoms with Gasteiger partial charge in [-0.2, -0.15) is 8.42 Å². The van der Waals surface area contributed by atoms with Crippen molar-refractivity contribution in [3.63, 3.8) is 0 Å². The van der Waals surface area contributed by atoms with E-state index >= 15 is 0 Å². The Labute approximate surface area is 147 Å². The van der Waals surface area contributed by atoms with Crippen LogP contribution in [0.4, 0.5) is 22.0 Å². The van der Waals surface area contributed by atoms with Gasteiger partial charge in [0, 0.05) is 5.39 Å². The summed E-state index contributed by atoms with van der Waals surface area (Å²) in [7, 11) is -4.60. The lowest BCUT2D eigenvalue weighted by molar-refractivity contribution is 0.381. The summed E-state index contributed by atoms with van der Waals surface area (Å²) >= 11 is 5.86. The molecule has 0 amide bonds. The number of hydrogen-bond acceptors (Lipinski definition) is 3. The van der Waals surface area contributed by atoms with Gasteiger partial charge >= 0.3 is 0 Å². The van der Waals surface area contributed by atoms with E-state index in [2.05, 4.69) is 4.98 Å². The Morgan fingerprint density at radius 2 is 1.42 bits per heavy atom. The Hall–Kier alpha value is -2.30. The molecule has 11 heteroatoms. The first kappa shape index (κ1) is 18.5. The van der Waals surface area contributed by atoms with Gasteiger partial charge in [-0.3, -0.25) is 4.55 Å². The second-order valence-electron chi connectivity index (χ2n) is 5.10. The first-order valence-electron chi connectivity index (χ1n) is 6.62. The topological polar surface area (TPSA) is 67.3 Å². The number of rotatable bonds is 2. The highest BCUT2D eigenvalue weighted by molar-refractivity contribution is 7.85. The second-order valence-corrected chi connectivity index (χ2v) is 6.88. The van der Waals surface area contributed by atoms with Gasteiger partial charge < -0.3 is 0 Å². The van der Waals surface area contributed by atoms with Crippen LogP contribution in [-0.2, 0) is 10.1 Å². The van der Waals surface area contributed by atoms with Gasteiger partial charge in [-0.1, -0.05) is 11.6 Å². The van der Waals surface area contributed by atoms with E-state index in [1.165, 1.54) is 0 Å². The molecule has 0 saturated heterocycles.